The van der Waals surface area contributed by atoms with Crippen LogP contribution in [0.3, 0.4) is 0 Å². The zero-order chi connectivity index (χ0) is 14.7. The van der Waals surface area contributed by atoms with Gasteiger partial charge in [0.15, 0.2) is 5.82 Å². The second kappa shape index (κ2) is 6.60. The van der Waals surface area contributed by atoms with Crippen molar-refractivity contribution in [2.45, 2.75) is 45.1 Å². The van der Waals surface area contributed by atoms with Crippen LogP contribution in [0.15, 0.2) is 12.4 Å². The third-order valence-corrected chi connectivity index (χ3v) is 4.83. The minimum Gasteiger partial charge on any atom is -0.476 e. The molecule has 2 unspecified atom stereocenters. The Morgan fingerprint density at radius 3 is 2.86 bits per heavy atom. The average Bonchev–Trinajstić information content (AvgIpc) is 3.17. The van der Waals surface area contributed by atoms with Crippen LogP contribution in [0.4, 0.5) is 5.82 Å². The molecule has 0 aromatic carbocycles. The molecule has 0 spiro atoms. The molecule has 0 amide bonds. The maximum absolute atomic E-state index is 6.00. The molecule has 1 aliphatic carbocycles. The lowest BCUT2D eigenvalue weighted by Gasteiger charge is -2.19. The molecule has 1 saturated carbocycles. The van der Waals surface area contributed by atoms with E-state index in [1.54, 1.807) is 6.20 Å². The second-order valence-electron chi connectivity index (χ2n) is 6.53. The zero-order valence-corrected chi connectivity index (χ0v) is 12.9. The molecule has 2 heterocycles. The molecule has 2 aliphatic rings. The summed E-state index contributed by atoms with van der Waals surface area (Å²) in [6, 6.07) is 0.241. The summed E-state index contributed by atoms with van der Waals surface area (Å²) in [4.78, 5) is 11.2. The van der Waals surface area contributed by atoms with Crippen LogP contribution in [0, 0.1) is 11.8 Å². The monoisotopic (exact) mass is 290 g/mol. The Hall–Kier alpha value is -1.36. The minimum absolute atomic E-state index is 0.241. The van der Waals surface area contributed by atoms with Gasteiger partial charge in [-0.05, 0) is 38.0 Å². The van der Waals surface area contributed by atoms with Crippen molar-refractivity contribution in [1.29, 1.82) is 0 Å². The van der Waals surface area contributed by atoms with Gasteiger partial charge in [0.2, 0.25) is 5.88 Å². The highest BCUT2D eigenvalue weighted by Crippen LogP contribution is 2.27. The number of aromatic nitrogens is 2. The van der Waals surface area contributed by atoms with Gasteiger partial charge in [-0.25, -0.2) is 0 Å². The van der Waals surface area contributed by atoms with Gasteiger partial charge in [0.1, 0.15) is 0 Å². The first-order valence-corrected chi connectivity index (χ1v) is 8.18. The Morgan fingerprint density at radius 2 is 2.14 bits per heavy atom. The van der Waals surface area contributed by atoms with Crippen molar-refractivity contribution < 1.29 is 4.74 Å². The van der Waals surface area contributed by atoms with Crippen LogP contribution < -0.4 is 15.4 Å². The van der Waals surface area contributed by atoms with Crippen molar-refractivity contribution in [2.75, 3.05) is 24.6 Å². The van der Waals surface area contributed by atoms with E-state index in [2.05, 4.69) is 21.8 Å². The van der Waals surface area contributed by atoms with Crippen LogP contribution in [0.5, 0.6) is 5.88 Å². The van der Waals surface area contributed by atoms with Crippen LogP contribution in [-0.4, -0.2) is 35.7 Å². The van der Waals surface area contributed by atoms with Gasteiger partial charge < -0.3 is 15.4 Å². The number of hydrogen-bond acceptors (Lipinski definition) is 5. The Labute approximate surface area is 126 Å². The number of nitrogens with two attached hydrogens (primary N) is 1. The molecule has 1 saturated heterocycles. The van der Waals surface area contributed by atoms with E-state index in [1.165, 1.54) is 25.7 Å². The number of nitrogens with zero attached hydrogens (tertiary/aromatic N) is 3. The summed E-state index contributed by atoms with van der Waals surface area (Å²) in [6.07, 6.45) is 9.93. The lowest BCUT2D eigenvalue weighted by Crippen LogP contribution is -2.30. The predicted octanol–water partition coefficient (Wildman–Crippen LogP) is 2.22. The molecule has 116 valence electrons. The van der Waals surface area contributed by atoms with Gasteiger partial charge in [-0.15, -0.1) is 0 Å². The molecule has 5 nitrogen and oxygen atoms in total. The van der Waals surface area contributed by atoms with Crippen LogP contribution in [0.2, 0.25) is 0 Å². The molecule has 21 heavy (non-hydrogen) atoms. The second-order valence-corrected chi connectivity index (χ2v) is 6.53. The number of anilines is 1. The summed E-state index contributed by atoms with van der Waals surface area (Å²) in [5.74, 6) is 2.82. The summed E-state index contributed by atoms with van der Waals surface area (Å²) in [7, 11) is 0. The minimum atomic E-state index is 0.241. The van der Waals surface area contributed by atoms with E-state index in [0.29, 0.717) is 17.7 Å². The Balaban J connectivity index is 1.58. The molecule has 0 bridgehead atoms. The predicted molar refractivity (Wildman–Crippen MR) is 83.5 cm³/mol. The van der Waals surface area contributed by atoms with Crippen molar-refractivity contribution in [2.24, 2.45) is 17.6 Å². The van der Waals surface area contributed by atoms with E-state index in [-0.39, 0.29) is 6.04 Å². The first-order chi connectivity index (χ1) is 10.2. The van der Waals surface area contributed by atoms with E-state index in [0.717, 1.165) is 31.9 Å². The SMILES string of the molecule is CC(N)C1CCN(c2cncc(OCC3CCCC3)n2)C1. The molecular formula is C16H26N4O. The highest BCUT2D eigenvalue weighted by atomic mass is 16.5. The number of rotatable bonds is 5. The molecule has 0 radical (unpaired) electrons. The van der Waals surface area contributed by atoms with Gasteiger partial charge in [0.05, 0.1) is 19.0 Å². The molecule has 2 atom stereocenters. The largest absolute Gasteiger partial charge is 0.476 e. The van der Waals surface area contributed by atoms with E-state index in [4.69, 9.17) is 10.5 Å². The Kier molecular flexibility index (Phi) is 4.58. The quantitative estimate of drug-likeness (QED) is 0.901. The fraction of sp³-hybridized carbons (Fsp3) is 0.750. The Bertz CT molecular complexity index is 459. The first-order valence-electron chi connectivity index (χ1n) is 8.18. The van der Waals surface area contributed by atoms with Crippen molar-refractivity contribution in [3.8, 4) is 5.88 Å². The van der Waals surface area contributed by atoms with Crippen LogP contribution in [0.25, 0.3) is 0 Å². The fourth-order valence-electron chi connectivity index (χ4n) is 3.37. The molecule has 1 aromatic heterocycles. The molecule has 1 aliphatic heterocycles. The fourth-order valence-corrected chi connectivity index (χ4v) is 3.37. The normalized spacial score (nSPS) is 24.5. The first kappa shape index (κ1) is 14.6. The van der Waals surface area contributed by atoms with Gasteiger partial charge in [-0.1, -0.05) is 12.8 Å². The maximum Gasteiger partial charge on any atom is 0.234 e. The van der Waals surface area contributed by atoms with Gasteiger partial charge in [0, 0.05) is 19.1 Å². The van der Waals surface area contributed by atoms with Crippen LogP contribution >= 0.6 is 0 Å². The van der Waals surface area contributed by atoms with Crippen molar-refractivity contribution >= 4 is 5.82 Å². The van der Waals surface area contributed by atoms with E-state index in [1.807, 2.05) is 6.20 Å². The number of ether oxygens (including phenoxy) is 1. The van der Waals surface area contributed by atoms with E-state index in [9.17, 15) is 0 Å². The summed E-state index contributed by atoms with van der Waals surface area (Å²) in [5, 5.41) is 0. The Morgan fingerprint density at radius 1 is 1.33 bits per heavy atom. The summed E-state index contributed by atoms with van der Waals surface area (Å²) in [6.45, 7) is 4.84. The average molecular weight is 290 g/mol. The van der Waals surface area contributed by atoms with Crippen molar-refractivity contribution in [3.05, 3.63) is 12.4 Å². The molecule has 5 heteroatoms. The molecular weight excluding hydrogens is 264 g/mol. The summed E-state index contributed by atoms with van der Waals surface area (Å²) >= 11 is 0. The summed E-state index contributed by atoms with van der Waals surface area (Å²) in [5.41, 5.74) is 6.00. The van der Waals surface area contributed by atoms with Crippen LogP contribution in [0.1, 0.15) is 39.0 Å². The third kappa shape index (κ3) is 3.64. The topological polar surface area (TPSA) is 64.3 Å². The van der Waals surface area contributed by atoms with Crippen molar-refractivity contribution in [3.63, 3.8) is 0 Å². The molecule has 3 rings (SSSR count). The van der Waals surface area contributed by atoms with E-state index < -0.39 is 0 Å². The van der Waals surface area contributed by atoms with Gasteiger partial charge >= 0.3 is 0 Å². The van der Waals surface area contributed by atoms with Crippen molar-refractivity contribution in [1.82, 2.24) is 9.97 Å². The highest BCUT2D eigenvalue weighted by molar-refractivity contribution is 5.39. The molecule has 2 fully saturated rings. The number of hydrogen-bond donors (Lipinski definition) is 1. The molecule has 1 aromatic rings. The third-order valence-electron chi connectivity index (χ3n) is 4.83. The highest BCUT2D eigenvalue weighted by Gasteiger charge is 2.26. The van der Waals surface area contributed by atoms with Gasteiger partial charge in [-0.3, -0.25) is 4.98 Å². The van der Waals surface area contributed by atoms with Crippen LogP contribution in [-0.2, 0) is 0 Å². The smallest absolute Gasteiger partial charge is 0.234 e. The van der Waals surface area contributed by atoms with Gasteiger partial charge in [0.25, 0.3) is 0 Å². The lowest BCUT2D eigenvalue weighted by atomic mass is 10.0. The lowest BCUT2D eigenvalue weighted by molar-refractivity contribution is 0.242. The standard InChI is InChI=1S/C16H26N4O/c1-12(17)14-6-7-20(10-14)15-8-18-9-16(19-15)21-11-13-4-2-3-5-13/h8-9,12-14H,2-7,10-11,17H2,1H3. The summed E-state index contributed by atoms with van der Waals surface area (Å²) < 4.78 is 5.84. The zero-order valence-electron chi connectivity index (χ0n) is 12.9. The van der Waals surface area contributed by atoms with Gasteiger partial charge in [-0.2, -0.15) is 4.98 Å². The molecule has 2 N–H and O–H groups in total. The van der Waals surface area contributed by atoms with E-state index >= 15 is 0 Å². The maximum atomic E-state index is 6.00.